The maximum absolute atomic E-state index is 12.6. The molecule has 2 heterocycles. The molecule has 134 valence electrons. The zero-order valence-corrected chi connectivity index (χ0v) is 15.1. The van der Waals surface area contributed by atoms with Gasteiger partial charge in [-0.05, 0) is 43.7 Å². The van der Waals surface area contributed by atoms with Crippen LogP contribution in [0.15, 0.2) is 48.7 Å². The predicted octanol–water partition coefficient (Wildman–Crippen LogP) is 3.15. The fraction of sp³-hybridized carbons (Fsp3) is 0.250. The molecule has 0 radical (unpaired) electrons. The van der Waals surface area contributed by atoms with E-state index in [1.54, 1.807) is 25.4 Å². The quantitative estimate of drug-likeness (QED) is 0.716. The van der Waals surface area contributed by atoms with Gasteiger partial charge in [-0.2, -0.15) is 5.10 Å². The lowest BCUT2D eigenvalue weighted by atomic mass is 10.0. The van der Waals surface area contributed by atoms with Gasteiger partial charge in [0.25, 0.3) is 5.91 Å². The number of rotatable bonds is 6. The largest absolute Gasteiger partial charge is 0.481 e. The van der Waals surface area contributed by atoms with Gasteiger partial charge in [0.05, 0.1) is 12.8 Å². The molecule has 3 rings (SSSR count). The van der Waals surface area contributed by atoms with Crippen molar-refractivity contribution in [1.82, 2.24) is 20.5 Å². The first-order chi connectivity index (χ1) is 12.5. The van der Waals surface area contributed by atoms with E-state index < -0.39 is 0 Å². The Bertz CT molecular complexity index is 887. The fourth-order valence-corrected chi connectivity index (χ4v) is 2.76. The van der Waals surface area contributed by atoms with Crippen molar-refractivity contribution in [2.75, 3.05) is 7.11 Å². The Labute approximate surface area is 152 Å². The van der Waals surface area contributed by atoms with Crippen LogP contribution in [0.3, 0.4) is 0 Å². The first kappa shape index (κ1) is 17.7. The van der Waals surface area contributed by atoms with Gasteiger partial charge < -0.3 is 10.1 Å². The van der Waals surface area contributed by atoms with Crippen molar-refractivity contribution in [3.8, 4) is 17.0 Å². The first-order valence-electron chi connectivity index (χ1n) is 8.47. The second kappa shape index (κ2) is 7.82. The molecule has 2 aromatic heterocycles. The van der Waals surface area contributed by atoms with Gasteiger partial charge in [-0.15, -0.1) is 0 Å². The second-order valence-electron chi connectivity index (χ2n) is 6.29. The molecule has 26 heavy (non-hydrogen) atoms. The van der Waals surface area contributed by atoms with Crippen molar-refractivity contribution in [3.63, 3.8) is 0 Å². The smallest absolute Gasteiger partial charge is 0.251 e. The molecular weight excluding hydrogens is 328 g/mol. The maximum atomic E-state index is 12.6. The summed E-state index contributed by atoms with van der Waals surface area (Å²) in [6.45, 7) is 3.93. The number of methoxy groups -OCH3 is 1. The monoisotopic (exact) mass is 350 g/mol. The zero-order valence-electron chi connectivity index (χ0n) is 15.1. The van der Waals surface area contributed by atoms with E-state index in [4.69, 9.17) is 4.74 Å². The number of benzene rings is 1. The number of aryl methyl sites for hydroxylation is 1. The van der Waals surface area contributed by atoms with E-state index in [9.17, 15) is 4.79 Å². The summed E-state index contributed by atoms with van der Waals surface area (Å²) in [5.41, 5.74) is 4.43. The Morgan fingerprint density at radius 3 is 2.73 bits per heavy atom. The van der Waals surface area contributed by atoms with Crippen molar-refractivity contribution < 1.29 is 9.53 Å². The summed E-state index contributed by atoms with van der Waals surface area (Å²) in [4.78, 5) is 16.8. The Morgan fingerprint density at radius 1 is 1.23 bits per heavy atom. The van der Waals surface area contributed by atoms with Crippen LogP contribution in [0.5, 0.6) is 5.88 Å². The SMILES string of the molecule is COc1ccc(-c2cccc(C(=O)N[C@H](C)Cc3cc(C)[nH]n3)c2)cn1. The Kier molecular flexibility index (Phi) is 5.31. The number of hydrogen-bond donors (Lipinski definition) is 2. The number of ether oxygens (including phenoxy) is 1. The van der Waals surface area contributed by atoms with Gasteiger partial charge in [0.1, 0.15) is 0 Å². The molecule has 1 aromatic carbocycles. The number of nitrogens with one attached hydrogen (secondary N) is 2. The van der Waals surface area contributed by atoms with Crippen molar-refractivity contribution in [1.29, 1.82) is 0 Å². The lowest BCUT2D eigenvalue weighted by Gasteiger charge is -2.13. The van der Waals surface area contributed by atoms with Crippen molar-refractivity contribution >= 4 is 5.91 Å². The topological polar surface area (TPSA) is 79.9 Å². The molecule has 0 bridgehead atoms. The lowest BCUT2D eigenvalue weighted by molar-refractivity contribution is 0.0940. The van der Waals surface area contributed by atoms with Crippen LogP contribution in [0.4, 0.5) is 0 Å². The molecule has 0 aliphatic rings. The van der Waals surface area contributed by atoms with Crippen molar-refractivity contribution in [2.45, 2.75) is 26.3 Å². The normalized spacial score (nSPS) is 11.8. The Morgan fingerprint density at radius 2 is 2.08 bits per heavy atom. The van der Waals surface area contributed by atoms with Crippen LogP contribution in [-0.2, 0) is 6.42 Å². The van der Waals surface area contributed by atoms with E-state index in [0.717, 1.165) is 22.5 Å². The summed E-state index contributed by atoms with van der Waals surface area (Å²) < 4.78 is 5.08. The number of nitrogens with zero attached hydrogens (tertiary/aromatic N) is 2. The predicted molar refractivity (Wildman–Crippen MR) is 100 cm³/mol. The standard InChI is InChI=1S/C20H22N4O2/c1-13(9-18-10-14(2)23-24-18)22-20(25)16-6-4-5-15(11-16)17-7-8-19(26-3)21-12-17/h4-8,10-13H,9H2,1-3H3,(H,22,25)(H,23,24)/t13-/m1/s1. The molecule has 2 N–H and O–H groups in total. The zero-order chi connectivity index (χ0) is 18.5. The van der Waals surface area contributed by atoms with Crippen LogP contribution in [0.1, 0.15) is 28.7 Å². The summed E-state index contributed by atoms with van der Waals surface area (Å²) >= 11 is 0. The highest BCUT2D eigenvalue weighted by Crippen LogP contribution is 2.21. The fourth-order valence-electron chi connectivity index (χ4n) is 2.76. The summed E-state index contributed by atoms with van der Waals surface area (Å²) in [6, 6.07) is 13.2. The van der Waals surface area contributed by atoms with Crippen LogP contribution >= 0.6 is 0 Å². The third-order valence-electron chi connectivity index (χ3n) is 4.06. The van der Waals surface area contributed by atoms with Crippen LogP contribution < -0.4 is 10.1 Å². The maximum Gasteiger partial charge on any atom is 0.251 e. The minimum atomic E-state index is -0.104. The molecule has 0 aliphatic heterocycles. The molecule has 1 amide bonds. The summed E-state index contributed by atoms with van der Waals surface area (Å²) in [5.74, 6) is 0.457. The molecular formula is C20H22N4O2. The molecule has 6 heteroatoms. The number of carbonyl (C=O) groups is 1. The minimum absolute atomic E-state index is 0.0171. The molecule has 0 unspecified atom stereocenters. The third-order valence-corrected chi connectivity index (χ3v) is 4.06. The summed E-state index contributed by atoms with van der Waals surface area (Å²) in [7, 11) is 1.58. The van der Waals surface area contributed by atoms with Crippen LogP contribution in [0.25, 0.3) is 11.1 Å². The first-order valence-corrected chi connectivity index (χ1v) is 8.47. The number of aromatic nitrogens is 3. The van der Waals surface area contributed by atoms with Crippen LogP contribution in [-0.4, -0.2) is 34.2 Å². The average Bonchev–Trinajstić information content (AvgIpc) is 3.06. The third kappa shape index (κ3) is 4.27. The van der Waals surface area contributed by atoms with Gasteiger partial charge in [0, 0.05) is 41.5 Å². The number of amides is 1. The van der Waals surface area contributed by atoms with E-state index in [-0.39, 0.29) is 11.9 Å². The summed E-state index contributed by atoms with van der Waals surface area (Å²) in [5, 5.41) is 10.1. The van der Waals surface area contributed by atoms with E-state index in [0.29, 0.717) is 17.9 Å². The molecule has 0 saturated carbocycles. The molecule has 1 atom stereocenters. The summed E-state index contributed by atoms with van der Waals surface area (Å²) in [6.07, 6.45) is 2.41. The highest BCUT2D eigenvalue weighted by Gasteiger charge is 2.12. The Hall–Kier alpha value is -3.15. The van der Waals surface area contributed by atoms with Gasteiger partial charge in [0.2, 0.25) is 5.88 Å². The van der Waals surface area contributed by atoms with E-state index in [1.807, 2.05) is 44.2 Å². The van der Waals surface area contributed by atoms with Crippen LogP contribution in [0.2, 0.25) is 0 Å². The average molecular weight is 350 g/mol. The van der Waals surface area contributed by atoms with Gasteiger partial charge in [0.15, 0.2) is 0 Å². The number of hydrogen-bond acceptors (Lipinski definition) is 4. The molecule has 0 fully saturated rings. The highest BCUT2D eigenvalue weighted by molar-refractivity contribution is 5.95. The molecule has 0 aliphatic carbocycles. The second-order valence-corrected chi connectivity index (χ2v) is 6.29. The Balaban J connectivity index is 1.69. The van der Waals surface area contributed by atoms with E-state index in [2.05, 4.69) is 20.5 Å². The van der Waals surface area contributed by atoms with Gasteiger partial charge in [-0.25, -0.2) is 4.98 Å². The highest BCUT2D eigenvalue weighted by atomic mass is 16.5. The van der Waals surface area contributed by atoms with E-state index in [1.165, 1.54) is 0 Å². The molecule has 3 aromatic rings. The number of aromatic amines is 1. The number of H-pyrrole nitrogens is 1. The van der Waals surface area contributed by atoms with Crippen molar-refractivity contribution in [2.24, 2.45) is 0 Å². The van der Waals surface area contributed by atoms with Crippen molar-refractivity contribution in [3.05, 3.63) is 65.6 Å². The van der Waals surface area contributed by atoms with Crippen LogP contribution in [0, 0.1) is 6.92 Å². The number of pyridine rings is 1. The molecule has 0 spiro atoms. The molecule has 0 saturated heterocycles. The number of carbonyl (C=O) groups excluding carboxylic acids is 1. The van der Waals surface area contributed by atoms with Gasteiger partial charge in [-0.1, -0.05) is 12.1 Å². The lowest BCUT2D eigenvalue weighted by Crippen LogP contribution is -2.34. The van der Waals surface area contributed by atoms with E-state index >= 15 is 0 Å². The minimum Gasteiger partial charge on any atom is -0.481 e. The molecule has 6 nitrogen and oxygen atoms in total. The van der Waals surface area contributed by atoms with Gasteiger partial charge in [-0.3, -0.25) is 9.89 Å². The van der Waals surface area contributed by atoms with Gasteiger partial charge >= 0.3 is 0 Å².